The van der Waals surface area contributed by atoms with Gasteiger partial charge in [0, 0.05) is 11.1 Å². The number of nitrogens with zero attached hydrogens (tertiary/aromatic N) is 2. The van der Waals surface area contributed by atoms with Crippen molar-refractivity contribution >= 4 is 48.7 Å². The van der Waals surface area contributed by atoms with Crippen molar-refractivity contribution in [3.05, 3.63) is 44.5 Å². The van der Waals surface area contributed by atoms with Crippen molar-refractivity contribution in [2.24, 2.45) is 0 Å². The van der Waals surface area contributed by atoms with Gasteiger partial charge >= 0.3 is 0 Å². The lowest BCUT2D eigenvalue weighted by molar-refractivity contribution is 0.103. The molecule has 1 aromatic heterocycles. The molecule has 7 heteroatoms. The van der Waals surface area contributed by atoms with Crippen LogP contribution in [-0.4, -0.2) is 29.0 Å². The standard InChI is InChI=1S/C31H38Br2N2O3/c1-3-5-7-9-11-15-19-37-30-23(32)26-27(24(33)31(30)38-20-16-12-10-8-6-4-2)35-28-25(34-26)21-17-13-14-18-22(21)29(28)36/h13-14,17-18H,3-12,15-16,19-20H2,1-2H3. The minimum absolute atomic E-state index is 0.0917. The van der Waals surface area contributed by atoms with Crippen LogP contribution in [0.15, 0.2) is 33.2 Å². The van der Waals surface area contributed by atoms with Crippen molar-refractivity contribution in [2.45, 2.75) is 90.9 Å². The van der Waals surface area contributed by atoms with Gasteiger partial charge in [-0.3, -0.25) is 4.79 Å². The van der Waals surface area contributed by atoms with Gasteiger partial charge in [0.15, 0.2) is 11.5 Å². The minimum atomic E-state index is -0.0917. The molecule has 4 rings (SSSR count). The number of aromatic nitrogens is 2. The number of benzene rings is 2. The van der Waals surface area contributed by atoms with Crippen LogP contribution >= 0.6 is 31.9 Å². The molecule has 0 spiro atoms. The number of unbranched alkanes of at least 4 members (excludes halogenated alkanes) is 10. The highest BCUT2D eigenvalue weighted by atomic mass is 79.9. The van der Waals surface area contributed by atoms with E-state index in [2.05, 4.69) is 45.7 Å². The van der Waals surface area contributed by atoms with Crippen LogP contribution in [0.5, 0.6) is 11.5 Å². The van der Waals surface area contributed by atoms with E-state index in [-0.39, 0.29) is 5.78 Å². The number of hydrogen-bond acceptors (Lipinski definition) is 5. The first-order valence-electron chi connectivity index (χ1n) is 14.2. The van der Waals surface area contributed by atoms with Gasteiger partial charge in [-0.1, -0.05) is 102 Å². The molecule has 0 bridgehead atoms. The van der Waals surface area contributed by atoms with Crippen LogP contribution in [-0.2, 0) is 0 Å². The highest BCUT2D eigenvalue weighted by Gasteiger charge is 2.32. The number of fused-ring (bicyclic) bond motifs is 4. The van der Waals surface area contributed by atoms with E-state index in [4.69, 9.17) is 19.4 Å². The molecule has 2 aromatic carbocycles. The predicted octanol–water partition coefficient (Wildman–Crippen LogP) is 9.84. The first kappa shape index (κ1) is 29.0. The zero-order chi connectivity index (χ0) is 26.9. The highest BCUT2D eigenvalue weighted by Crippen LogP contribution is 2.48. The molecule has 38 heavy (non-hydrogen) atoms. The third-order valence-electron chi connectivity index (χ3n) is 7.05. The number of carbonyl (C=O) groups is 1. The Morgan fingerprint density at radius 1 is 0.632 bits per heavy atom. The van der Waals surface area contributed by atoms with Crippen molar-refractivity contribution in [3.8, 4) is 22.8 Å². The fourth-order valence-electron chi connectivity index (χ4n) is 4.89. The van der Waals surface area contributed by atoms with E-state index < -0.39 is 0 Å². The third-order valence-corrected chi connectivity index (χ3v) is 8.52. The lowest BCUT2D eigenvalue weighted by Crippen LogP contribution is -2.07. The fraction of sp³-hybridized carbons (Fsp3) is 0.516. The topological polar surface area (TPSA) is 61.3 Å². The number of ether oxygens (including phenoxy) is 2. The number of halogens is 2. The van der Waals surface area contributed by atoms with Crippen LogP contribution in [0.2, 0.25) is 0 Å². The monoisotopic (exact) mass is 644 g/mol. The molecule has 1 aliphatic rings. The Morgan fingerprint density at radius 2 is 1.08 bits per heavy atom. The van der Waals surface area contributed by atoms with Gasteiger partial charge in [0.05, 0.1) is 22.2 Å². The van der Waals surface area contributed by atoms with Gasteiger partial charge in [-0.05, 0) is 44.7 Å². The lowest BCUT2D eigenvalue weighted by atomic mass is 10.1. The molecular weight excluding hydrogens is 608 g/mol. The van der Waals surface area contributed by atoms with Gasteiger partial charge in [-0.25, -0.2) is 9.97 Å². The van der Waals surface area contributed by atoms with Crippen LogP contribution in [0.25, 0.3) is 22.3 Å². The Kier molecular flexibility index (Phi) is 11.0. The molecule has 1 heterocycles. The molecule has 3 aromatic rings. The van der Waals surface area contributed by atoms with E-state index in [0.717, 1.165) is 31.2 Å². The molecule has 0 unspecified atom stereocenters. The molecule has 0 atom stereocenters. The molecule has 1 aliphatic carbocycles. The number of carbonyl (C=O) groups excluding carboxylic acids is 1. The summed E-state index contributed by atoms with van der Waals surface area (Å²) in [4.78, 5) is 22.8. The van der Waals surface area contributed by atoms with Gasteiger partial charge in [0.25, 0.3) is 0 Å². The van der Waals surface area contributed by atoms with Crippen molar-refractivity contribution < 1.29 is 14.3 Å². The van der Waals surface area contributed by atoms with Gasteiger partial charge in [0.1, 0.15) is 22.4 Å². The molecular formula is C31H38Br2N2O3. The first-order valence-corrected chi connectivity index (χ1v) is 15.8. The van der Waals surface area contributed by atoms with Crippen LogP contribution in [0.4, 0.5) is 0 Å². The largest absolute Gasteiger partial charge is 0.488 e. The van der Waals surface area contributed by atoms with E-state index >= 15 is 0 Å². The van der Waals surface area contributed by atoms with Crippen molar-refractivity contribution in [1.82, 2.24) is 9.97 Å². The Labute approximate surface area is 243 Å². The van der Waals surface area contributed by atoms with Crippen molar-refractivity contribution in [2.75, 3.05) is 13.2 Å². The SMILES string of the molecule is CCCCCCCCOc1c(OCCCCCCCC)c(Br)c2nc3c(nc2c1Br)C(=O)c1ccccc1-3. The zero-order valence-corrected chi connectivity index (χ0v) is 25.8. The maximum Gasteiger partial charge on any atom is 0.214 e. The molecule has 0 fully saturated rings. The number of hydrogen-bond donors (Lipinski definition) is 0. The van der Waals surface area contributed by atoms with E-state index in [1.165, 1.54) is 51.4 Å². The molecule has 0 amide bonds. The second-order valence-corrected chi connectivity index (χ2v) is 11.6. The molecule has 0 N–H and O–H groups in total. The summed E-state index contributed by atoms with van der Waals surface area (Å²) < 4.78 is 14.1. The fourth-order valence-corrected chi connectivity index (χ4v) is 6.03. The molecule has 204 valence electrons. The molecule has 0 saturated heterocycles. The van der Waals surface area contributed by atoms with Gasteiger partial charge < -0.3 is 9.47 Å². The number of rotatable bonds is 16. The van der Waals surface area contributed by atoms with E-state index in [9.17, 15) is 4.79 Å². The van der Waals surface area contributed by atoms with Crippen molar-refractivity contribution in [3.63, 3.8) is 0 Å². The average molecular weight is 646 g/mol. The van der Waals surface area contributed by atoms with E-state index in [1.54, 1.807) is 0 Å². The first-order chi connectivity index (χ1) is 18.6. The van der Waals surface area contributed by atoms with Gasteiger partial charge in [-0.15, -0.1) is 0 Å². The predicted molar refractivity (Wildman–Crippen MR) is 162 cm³/mol. The highest BCUT2D eigenvalue weighted by molar-refractivity contribution is 9.11. The summed E-state index contributed by atoms with van der Waals surface area (Å²) in [7, 11) is 0. The number of ketones is 1. The summed E-state index contributed by atoms with van der Waals surface area (Å²) in [6, 6.07) is 7.55. The minimum Gasteiger partial charge on any atom is -0.488 e. The molecule has 5 nitrogen and oxygen atoms in total. The van der Waals surface area contributed by atoms with E-state index in [0.29, 0.717) is 61.6 Å². The van der Waals surface area contributed by atoms with Crippen molar-refractivity contribution in [1.29, 1.82) is 0 Å². The second-order valence-electron chi connectivity index (χ2n) is 10.0. The molecule has 0 saturated carbocycles. The molecule has 0 aliphatic heterocycles. The van der Waals surface area contributed by atoms with Crippen LogP contribution in [0.3, 0.4) is 0 Å². The van der Waals surface area contributed by atoms with Gasteiger partial charge in [0.2, 0.25) is 5.78 Å². The summed E-state index contributed by atoms with van der Waals surface area (Å²) in [5.74, 6) is 1.18. The van der Waals surface area contributed by atoms with Crippen LogP contribution in [0, 0.1) is 0 Å². The summed E-state index contributed by atoms with van der Waals surface area (Å²) in [5.41, 5.74) is 3.72. The summed E-state index contributed by atoms with van der Waals surface area (Å²) >= 11 is 7.52. The maximum atomic E-state index is 13.1. The van der Waals surface area contributed by atoms with Gasteiger partial charge in [-0.2, -0.15) is 0 Å². The average Bonchev–Trinajstić information content (AvgIpc) is 3.21. The lowest BCUT2D eigenvalue weighted by Gasteiger charge is -2.18. The van der Waals surface area contributed by atoms with Crippen LogP contribution in [0.1, 0.15) is 107 Å². The quantitative estimate of drug-likeness (QED) is 0.114. The Hall–Kier alpha value is -1.99. The zero-order valence-electron chi connectivity index (χ0n) is 22.6. The summed E-state index contributed by atoms with van der Waals surface area (Å²) in [6.45, 7) is 5.67. The second kappa shape index (κ2) is 14.4. The summed E-state index contributed by atoms with van der Waals surface area (Å²) in [6.07, 6.45) is 14.3. The Balaban J connectivity index is 1.60. The Morgan fingerprint density at radius 3 is 1.61 bits per heavy atom. The molecule has 0 radical (unpaired) electrons. The Bertz CT molecular complexity index is 1260. The summed E-state index contributed by atoms with van der Waals surface area (Å²) in [5, 5.41) is 0. The van der Waals surface area contributed by atoms with Crippen LogP contribution < -0.4 is 9.47 Å². The third kappa shape index (κ3) is 6.59. The normalized spacial score (nSPS) is 12.2. The smallest absolute Gasteiger partial charge is 0.214 e. The maximum absolute atomic E-state index is 13.1. The van der Waals surface area contributed by atoms with E-state index in [1.807, 2.05) is 24.3 Å².